The number of esters is 1. The third-order valence-electron chi connectivity index (χ3n) is 5.80. The van der Waals surface area contributed by atoms with Crippen molar-refractivity contribution < 1.29 is 9.53 Å². The van der Waals surface area contributed by atoms with E-state index in [0.717, 1.165) is 54.0 Å². The highest BCUT2D eigenvalue weighted by atomic mass is 16.5. The van der Waals surface area contributed by atoms with Gasteiger partial charge in [0.1, 0.15) is 0 Å². The molecule has 0 spiro atoms. The average Bonchev–Trinajstić information content (AvgIpc) is 3.10. The maximum atomic E-state index is 12.6. The number of allylic oxidation sites excluding steroid dienone is 1. The van der Waals surface area contributed by atoms with Crippen molar-refractivity contribution in [3.63, 3.8) is 0 Å². The number of aryl methyl sites for hydroxylation is 1. The first kappa shape index (κ1) is 20.1. The molecule has 30 heavy (non-hydrogen) atoms. The first-order chi connectivity index (χ1) is 14.5. The predicted octanol–water partition coefficient (Wildman–Crippen LogP) is 4.62. The van der Waals surface area contributed by atoms with Crippen LogP contribution >= 0.6 is 0 Å². The predicted molar refractivity (Wildman–Crippen MR) is 118 cm³/mol. The van der Waals surface area contributed by atoms with Gasteiger partial charge in [0.2, 0.25) is 0 Å². The molecule has 0 radical (unpaired) electrons. The van der Waals surface area contributed by atoms with Crippen molar-refractivity contribution >= 4 is 17.0 Å². The number of benzene rings is 1. The number of aromatic nitrogens is 3. The van der Waals surface area contributed by atoms with Crippen LogP contribution in [0.2, 0.25) is 0 Å². The molecule has 156 valence electrons. The molecule has 0 bridgehead atoms. The molecule has 4 rings (SSSR count). The van der Waals surface area contributed by atoms with E-state index in [-0.39, 0.29) is 0 Å². The molecule has 0 unspecified atom stereocenters. The summed E-state index contributed by atoms with van der Waals surface area (Å²) < 4.78 is 7.10. The summed E-state index contributed by atoms with van der Waals surface area (Å²) in [4.78, 5) is 19.6. The molecular weight excluding hydrogens is 376 g/mol. The number of pyridine rings is 1. The normalized spacial score (nSPS) is 14.8. The fraction of sp³-hybridized carbons (Fsp3) is 0.375. The number of carbonyl (C=O) groups excluding carboxylic acids is 1. The van der Waals surface area contributed by atoms with Gasteiger partial charge in [-0.05, 0) is 63.3 Å². The average molecular weight is 405 g/mol. The molecular formula is C24H28N4O2. The number of likely N-dealkylation sites (tertiary alicyclic amines) is 1. The maximum Gasteiger partial charge on any atom is 0.357 e. The van der Waals surface area contributed by atoms with E-state index in [1.54, 1.807) is 0 Å². The Balaban J connectivity index is 1.85. The van der Waals surface area contributed by atoms with E-state index >= 15 is 0 Å². The molecule has 0 N–H and O–H groups in total. The molecule has 1 fully saturated rings. The monoisotopic (exact) mass is 404 g/mol. The second kappa shape index (κ2) is 8.30. The third-order valence-corrected chi connectivity index (χ3v) is 5.80. The Bertz CT molecular complexity index is 1080. The minimum absolute atomic E-state index is 0.321. The minimum Gasteiger partial charge on any atom is -0.461 e. The second-order valence-electron chi connectivity index (χ2n) is 7.85. The van der Waals surface area contributed by atoms with Gasteiger partial charge in [0.15, 0.2) is 11.3 Å². The van der Waals surface area contributed by atoms with E-state index < -0.39 is 5.97 Å². The van der Waals surface area contributed by atoms with Crippen LogP contribution in [0.5, 0.6) is 0 Å². The first-order valence-electron chi connectivity index (χ1n) is 10.5. The van der Waals surface area contributed by atoms with Gasteiger partial charge in [-0.15, -0.1) is 0 Å². The molecule has 0 amide bonds. The smallest absolute Gasteiger partial charge is 0.357 e. The number of hydrogen-bond donors (Lipinski definition) is 0. The molecule has 6 nitrogen and oxygen atoms in total. The summed E-state index contributed by atoms with van der Waals surface area (Å²) in [5, 5.41) is 5.82. The molecule has 3 aromatic rings. The van der Waals surface area contributed by atoms with E-state index in [2.05, 4.69) is 18.4 Å². The molecule has 6 heteroatoms. The van der Waals surface area contributed by atoms with Gasteiger partial charge in [-0.1, -0.05) is 24.8 Å². The third kappa shape index (κ3) is 3.70. The highest BCUT2D eigenvalue weighted by molar-refractivity contribution is 5.93. The molecule has 2 aromatic heterocycles. The highest BCUT2D eigenvalue weighted by Crippen LogP contribution is 2.36. The Kier molecular flexibility index (Phi) is 5.57. The van der Waals surface area contributed by atoms with Gasteiger partial charge in [0, 0.05) is 24.2 Å². The largest absolute Gasteiger partial charge is 0.461 e. The fourth-order valence-electron chi connectivity index (χ4n) is 4.28. The lowest BCUT2D eigenvalue weighted by Gasteiger charge is -2.34. The molecule has 1 saturated heterocycles. The van der Waals surface area contributed by atoms with E-state index in [9.17, 15) is 4.79 Å². The Hall–Kier alpha value is -3.15. The van der Waals surface area contributed by atoms with E-state index in [1.807, 2.05) is 54.9 Å². The lowest BCUT2D eigenvalue weighted by molar-refractivity contribution is 0.0519. The highest BCUT2D eigenvalue weighted by Gasteiger charge is 2.27. The molecule has 1 aliphatic rings. The number of piperidine rings is 1. The molecule has 0 aliphatic carbocycles. The van der Waals surface area contributed by atoms with E-state index in [1.165, 1.54) is 0 Å². The van der Waals surface area contributed by atoms with Gasteiger partial charge < -0.3 is 9.64 Å². The van der Waals surface area contributed by atoms with Gasteiger partial charge >= 0.3 is 5.97 Å². The summed E-state index contributed by atoms with van der Waals surface area (Å²) in [6.07, 6.45) is 2.01. The van der Waals surface area contributed by atoms with Crippen LogP contribution in [-0.2, 0) is 4.74 Å². The summed E-state index contributed by atoms with van der Waals surface area (Å²) in [6, 6.07) is 11.8. The van der Waals surface area contributed by atoms with Crippen molar-refractivity contribution in [2.45, 2.75) is 39.5 Å². The van der Waals surface area contributed by atoms with Crippen LogP contribution in [0.15, 0.2) is 48.7 Å². The summed E-state index contributed by atoms with van der Waals surface area (Å²) in [6.45, 7) is 12.2. The van der Waals surface area contributed by atoms with Crippen molar-refractivity contribution in [3.8, 4) is 5.69 Å². The summed E-state index contributed by atoms with van der Waals surface area (Å²) >= 11 is 0. The summed E-state index contributed by atoms with van der Waals surface area (Å²) in [7, 11) is 0. The van der Waals surface area contributed by atoms with Crippen LogP contribution in [0.1, 0.15) is 54.4 Å². The zero-order valence-electron chi connectivity index (χ0n) is 17.9. The van der Waals surface area contributed by atoms with Crippen molar-refractivity contribution in [2.24, 2.45) is 0 Å². The van der Waals surface area contributed by atoms with Gasteiger partial charge in [0.05, 0.1) is 18.0 Å². The quantitative estimate of drug-likeness (QED) is 0.581. The zero-order chi connectivity index (χ0) is 21.3. The SMILES string of the molecule is C=C(C)N1CCC(c2cc(C(=O)OCC)nc3c2c(C)nn3-c2ccccc2)CC1. The summed E-state index contributed by atoms with van der Waals surface area (Å²) in [5.41, 5.74) is 5.15. The van der Waals surface area contributed by atoms with Gasteiger partial charge in [0.25, 0.3) is 0 Å². The van der Waals surface area contributed by atoms with Gasteiger partial charge in [-0.2, -0.15) is 5.10 Å². The van der Waals surface area contributed by atoms with Crippen molar-refractivity contribution in [1.82, 2.24) is 19.7 Å². The number of carbonyl (C=O) groups is 1. The Labute approximate surface area is 177 Å². The van der Waals surface area contributed by atoms with Crippen molar-refractivity contribution in [3.05, 3.63) is 65.6 Å². The maximum absolute atomic E-state index is 12.6. The minimum atomic E-state index is -0.390. The molecule has 3 heterocycles. The van der Waals surface area contributed by atoms with Crippen LogP contribution in [0.4, 0.5) is 0 Å². The Morgan fingerprint density at radius 2 is 1.93 bits per heavy atom. The lowest BCUT2D eigenvalue weighted by atomic mass is 9.87. The molecule has 1 aromatic carbocycles. The van der Waals surface area contributed by atoms with Crippen LogP contribution in [0.25, 0.3) is 16.7 Å². The number of para-hydroxylation sites is 1. The number of hydrogen-bond acceptors (Lipinski definition) is 5. The number of ether oxygens (including phenoxy) is 1. The standard InChI is InChI=1S/C24H28N4O2/c1-5-30-24(29)21-15-20(18-11-13-27(14-12-18)16(2)3)22-17(4)26-28(23(22)25-21)19-9-7-6-8-10-19/h6-10,15,18H,2,5,11-14H2,1,3-4H3. The van der Waals surface area contributed by atoms with Gasteiger partial charge in [-0.25, -0.2) is 14.5 Å². The van der Waals surface area contributed by atoms with Crippen LogP contribution in [-0.4, -0.2) is 45.3 Å². The first-order valence-corrected chi connectivity index (χ1v) is 10.5. The Morgan fingerprint density at radius 1 is 1.23 bits per heavy atom. The number of fused-ring (bicyclic) bond motifs is 1. The van der Waals surface area contributed by atoms with Crippen LogP contribution in [0.3, 0.4) is 0 Å². The molecule has 1 aliphatic heterocycles. The van der Waals surface area contributed by atoms with Crippen molar-refractivity contribution in [1.29, 1.82) is 0 Å². The zero-order valence-corrected chi connectivity index (χ0v) is 17.9. The van der Waals surface area contributed by atoms with Gasteiger partial charge in [-0.3, -0.25) is 0 Å². The summed E-state index contributed by atoms with van der Waals surface area (Å²) in [5.74, 6) is -0.0510. The second-order valence-corrected chi connectivity index (χ2v) is 7.85. The fourth-order valence-corrected chi connectivity index (χ4v) is 4.28. The van der Waals surface area contributed by atoms with Crippen molar-refractivity contribution in [2.75, 3.05) is 19.7 Å². The lowest BCUT2D eigenvalue weighted by Crippen LogP contribution is -2.31. The van der Waals surface area contributed by atoms with E-state index in [0.29, 0.717) is 23.9 Å². The molecule has 0 atom stereocenters. The van der Waals surface area contributed by atoms with E-state index in [4.69, 9.17) is 14.8 Å². The number of rotatable bonds is 5. The van der Waals surface area contributed by atoms with Crippen LogP contribution in [0, 0.1) is 6.92 Å². The Morgan fingerprint density at radius 3 is 2.57 bits per heavy atom. The molecule has 0 saturated carbocycles. The number of nitrogens with zero attached hydrogens (tertiary/aromatic N) is 4. The van der Waals surface area contributed by atoms with Crippen LogP contribution < -0.4 is 0 Å². The topological polar surface area (TPSA) is 60.3 Å².